The van der Waals surface area contributed by atoms with Gasteiger partial charge >= 0.3 is 0 Å². The molecule has 3 rings (SSSR count). The van der Waals surface area contributed by atoms with Crippen LogP contribution in [-0.4, -0.2) is 26.4 Å². The molecule has 23 heavy (non-hydrogen) atoms. The lowest BCUT2D eigenvalue weighted by Gasteiger charge is -2.18. The van der Waals surface area contributed by atoms with Crippen LogP contribution >= 0.6 is 0 Å². The largest absolute Gasteiger partial charge is 0.493 e. The molecule has 1 aliphatic heterocycles. The molecule has 0 spiro atoms. The molecule has 4 heteroatoms. The van der Waals surface area contributed by atoms with Crippen molar-refractivity contribution in [3.8, 4) is 17.2 Å². The second-order valence-electron chi connectivity index (χ2n) is 5.73. The van der Waals surface area contributed by atoms with Gasteiger partial charge in [0.15, 0.2) is 11.5 Å². The van der Waals surface area contributed by atoms with Gasteiger partial charge in [0, 0.05) is 5.56 Å². The lowest BCUT2D eigenvalue weighted by Crippen LogP contribution is -2.07. The van der Waals surface area contributed by atoms with Crippen molar-refractivity contribution in [2.24, 2.45) is 0 Å². The fourth-order valence-electron chi connectivity index (χ4n) is 2.39. The van der Waals surface area contributed by atoms with Crippen LogP contribution < -0.4 is 9.47 Å². The van der Waals surface area contributed by atoms with Crippen LogP contribution in [-0.2, 0) is 9.47 Å². The standard InChI is InChI=1S/C19H22O4/c1-13-8-9-18(19(10-13)20-3)23-17-7-5-4-6-16(17)14(2)21-11-15-12-22-15/h4-10,14-15H,11-12H2,1-3H3/t14?,15-/m0/s1. The highest BCUT2D eigenvalue weighted by molar-refractivity contribution is 5.47. The quantitative estimate of drug-likeness (QED) is 0.716. The van der Waals surface area contributed by atoms with E-state index in [4.69, 9.17) is 18.9 Å². The Morgan fingerprint density at radius 3 is 2.65 bits per heavy atom. The van der Waals surface area contributed by atoms with Gasteiger partial charge in [-0.05, 0) is 37.6 Å². The highest BCUT2D eigenvalue weighted by Crippen LogP contribution is 2.36. The summed E-state index contributed by atoms with van der Waals surface area (Å²) in [5.41, 5.74) is 2.14. The van der Waals surface area contributed by atoms with Gasteiger partial charge in [0.05, 0.1) is 26.4 Å². The van der Waals surface area contributed by atoms with Crippen molar-refractivity contribution >= 4 is 0 Å². The third kappa shape index (κ3) is 4.03. The lowest BCUT2D eigenvalue weighted by atomic mass is 10.1. The molecule has 122 valence electrons. The van der Waals surface area contributed by atoms with E-state index in [9.17, 15) is 0 Å². The van der Waals surface area contributed by atoms with Gasteiger partial charge in [-0.15, -0.1) is 0 Å². The second kappa shape index (κ2) is 7.02. The number of para-hydroxylation sites is 1. The maximum absolute atomic E-state index is 6.09. The summed E-state index contributed by atoms with van der Waals surface area (Å²) >= 11 is 0. The van der Waals surface area contributed by atoms with Crippen molar-refractivity contribution in [2.45, 2.75) is 26.1 Å². The van der Waals surface area contributed by atoms with Crippen molar-refractivity contribution < 1.29 is 18.9 Å². The summed E-state index contributed by atoms with van der Waals surface area (Å²) in [5.74, 6) is 2.20. The van der Waals surface area contributed by atoms with E-state index in [-0.39, 0.29) is 12.2 Å². The molecule has 0 aliphatic carbocycles. The number of aryl methyl sites for hydroxylation is 1. The Kier molecular flexibility index (Phi) is 4.84. The first-order chi connectivity index (χ1) is 11.2. The zero-order valence-corrected chi connectivity index (χ0v) is 13.7. The average molecular weight is 314 g/mol. The van der Waals surface area contributed by atoms with Gasteiger partial charge in [0.1, 0.15) is 11.9 Å². The van der Waals surface area contributed by atoms with Crippen LogP contribution in [0.4, 0.5) is 0 Å². The highest BCUT2D eigenvalue weighted by atomic mass is 16.6. The van der Waals surface area contributed by atoms with E-state index in [1.807, 2.05) is 56.3 Å². The molecule has 1 aliphatic rings. The maximum Gasteiger partial charge on any atom is 0.169 e. The number of epoxide rings is 1. The van der Waals surface area contributed by atoms with Crippen LogP contribution in [0.3, 0.4) is 0 Å². The van der Waals surface area contributed by atoms with Crippen LogP contribution in [0.2, 0.25) is 0 Å². The molecule has 0 amide bonds. The minimum atomic E-state index is -0.0631. The van der Waals surface area contributed by atoms with E-state index >= 15 is 0 Å². The number of hydrogen-bond donors (Lipinski definition) is 0. The number of hydrogen-bond acceptors (Lipinski definition) is 4. The molecule has 0 saturated carbocycles. The Morgan fingerprint density at radius 2 is 1.91 bits per heavy atom. The topological polar surface area (TPSA) is 40.2 Å². The van der Waals surface area contributed by atoms with Gasteiger partial charge in [0.2, 0.25) is 0 Å². The first kappa shape index (κ1) is 15.8. The smallest absolute Gasteiger partial charge is 0.169 e. The van der Waals surface area contributed by atoms with Crippen molar-refractivity contribution in [3.63, 3.8) is 0 Å². The predicted molar refractivity (Wildman–Crippen MR) is 88.4 cm³/mol. The molecule has 0 bridgehead atoms. The number of benzene rings is 2. The zero-order chi connectivity index (χ0) is 16.2. The fraction of sp³-hybridized carbons (Fsp3) is 0.368. The predicted octanol–water partition coefficient (Wildman–Crippen LogP) is 4.27. The van der Waals surface area contributed by atoms with Gasteiger partial charge in [-0.1, -0.05) is 24.3 Å². The number of rotatable bonds is 7. The first-order valence-electron chi connectivity index (χ1n) is 7.82. The summed E-state index contributed by atoms with van der Waals surface area (Å²) in [6.07, 6.45) is 0.189. The Labute approximate surface area is 136 Å². The van der Waals surface area contributed by atoms with E-state index in [0.29, 0.717) is 12.4 Å². The van der Waals surface area contributed by atoms with E-state index < -0.39 is 0 Å². The fourth-order valence-corrected chi connectivity index (χ4v) is 2.39. The molecule has 1 fully saturated rings. The van der Waals surface area contributed by atoms with Gasteiger partial charge in [0.25, 0.3) is 0 Å². The van der Waals surface area contributed by atoms with Crippen LogP contribution in [0.15, 0.2) is 42.5 Å². The van der Waals surface area contributed by atoms with E-state index in [1.165, 1.54) is 0 Å². The second-order valence-corrected chi connectivity index (χ2v) is 5.73. The third-order valence-electron chi connectivity index (χ3n) is 3.83. The molecule has 0 aromatic heterocycles. The Bertz CT molecular complexity index is 664. The summed E-state index contributed by atoms with van der Waals surface area (Å²) in [4.78, 5) is 0. The molecule has 2 atom stereocenters. The van der Waals surface area contributed by atoms with Crippen LogP contribution in [0.5, 0.6) is 17.2 Å². The summed E-state index contributed by atoms with van der Waals surface area (Å²) in [5, 5.41) is 0. The summed E-state index contributed by atoms with van der Waals surface area (Å²) in [6, 6.07) is 13.8. The number of ether oxygens (including phenoxy) is 4. The molecule has 2 aromatic carbocycles. The van der Waals surface area contributed by atoms with Gasteiger partial charge in [-0.25, -0.2) is 0 Å². The summed E-state index contributed by atoms with van der Waals surface area (Å²) in [7, 11) is 1.65. The molecule has 0 radical (unpaired) electrons. The SMILES string of the molecule is COc1cc(C)ccc1Oc1ccccc1C(C)OC[C@H]1CO1. The minimum Gasteiger partial charge on any atom is -0.493 e. The molecule has 4 nitrogen and oxygen atoms in total. The molecule has 1 unspecified atom stereocenters. The van der Waals surface area contributed by atoms with E-state index in [2.05, 4.69) is 0 Å². The van der Waals surface area contributed by atoms with Crippen molar-refractivity contribution in [1.82, 2.24) is 0 Å². The summed E-state index contributed by atoms with van der Waals surface area (Å²) < 4.78 is 22.6. The van der Waals surface area contributed by atoms with Crippen molar-refractivity contribution in [3.05, 3.63) is 53.6 Å². The Morgan fingerprint density at radius 1 is 1.13 bits per heavy atom. The molecule has 2 aromatic rings. The molecule has 1 heterocycles. The summed E-state index contributed by atoms with van der Waals surface area (Å²) in [6.45, 7) is 5.46. The monoisotopic (exact) mass is 314 g/mol. The van der Waals surface area contributed by atoms with Gasteiger partial charge in [-0.2, -0.15) is 0 Å². The van der Waals surface area contributed by atoms with Crippen molar-refractivity contribution in [2.75, 3.05) is 20.3 Å². The average Bonchev–Trinajstić information content (AvgIpc) is 3.39. The van der Waals surface area contributed by atoms with E-state index in [1.54, 1.807) is 7.11 Å². The number of methoxy groups -OCH3 is 1. The third-order valence-corrected chi connectivity index (χ3v) is 3.83. The Balaban J connectivity index is 1.79. The molecular formula is C19H22O4. The van der Waals surface area contributed by atoms with Crippen LogP contribution in [0.25, 0.3) is 0 Å². The highest BCUT2D eigenvalue weighted by Gasteiger charge is 2.24. The van der Waals surface area contributed by atoms with Gasteiger partial charge < -0.3 is 18.9 Å². The van der Waals surface area contributed by atoms with Crippen molar-refractivity contribution in [1.29, 1.82) is 0 Å². The molecule has 1 saturated heterocycles. The van der Waals surface area contributed by atoms with Gasteiger partial charge in [-0.3, -0.25) is 0 Å². The molecule has 0 N–H and O–H groups in total. The zero-order valence-electron chi connectivity index (χ0n) is 13.7. The molecular weight excluding hydrogens is 292 g/mol. The normalized spacial score (nSPS) is 17.6. The minimum absolute atomic E-state index is 0.0631. The lowest BCUT2D eigenvalue weighted by molar-refractivity contribution is 0.0527. The maximum atomic E-state index is 6.09. The Hall–Kier alpha value is -2.04. The van der Waals surface area contributed by atoms with E-state index in [0.717, 1.165) is 29.2 Å². The van der Waals surface area contributed by atoms with Crippen LogP contribution in [0, 0.1) is 6.92 Å². The van der Waals surface area contributed by atoms with Crippen LogP contribution in [0.1, 0.15) is 24.2 Å². The first-order valence-corrected chi connectivity index (χ1v) is 7.82.